The monoisotopic (exact) mass is 263 g/mol. The van der Waals surface area contributed by atoms with Gasteiger partial charge in [0.15, 0.2) is 0 Å². The molecule has 2 atom stereocenters. The van der Waals surface area contributed by atoms with Gasteiger partial charge in [0.25, 0.3) is 0 Å². The largest absolute Gasteiger partial charge is 0.310 e. The van der Waals surface area contributed by atoms with Crippen LogP contribution in [0.3, 0.4) is 0 Å². The third-order valence-corrected chi connectivity index (χ3v) is 6.71. The summed E-state index contributed by atoms with van der Waals surface area (Å²) in [6.07, 6.45) is 4.14. The van der Waals surface area contributed by atoms with Crippen molar-refractivity contribution in [2.24, 2.45) is 0 Å². The average molecular weight is 263 g/mol. The number of thioether (sulfide) groups is 1. The summed E-state index contributed by atoms with van der Waals surface area (Å²) in [7, 11) is -2.72. The Hall–Kier alpha value is 0.260. The first-order valence-electron chi connectivity index (χ1n) is 6.15. The lowest BCUT2D eigenvalue weighted by molar-refractivity contribution is 0.374. The molecule has 2 aliphatic rings. The molecule has 0 bridgehead atoms. The van der Waals surface area contributed by atoms with E-state index in [4.69, 9.17) is 0 Å². The molecule has 0 amide bonds. The molecule has 16 heavy (non-hydrogen) atoms. The molecule has 1 N–H and O–H groups in total. The first kappa shape index (κ1) is 12.7. The van der Waals surface area contributed by atoms with Crippen molar-refractivity contribution in [2.75, 3.05) is 17.3 Å². The Morgan fingerprint density at radius 2 is 1.88 bits per heavy atom. The van der Waals surface area contributed by atoms with Crippen molar-refractivity contribution in [2.45, 2.75) is 49.9 Å². The van der Waals surface area contributed by atoms with Crippen molar-refractivity contribution in [3.05, 3.63) is 0 Å². The predicted octanol–water partition coefficient (Wildman–Crippen LogP) is 1.44. The maximum atomic E-state index is 11.3. The molecule has 2 saturated heterocycles. The van der Waals surface area contributed by atoms with E-state index in [9.17, 15) is 8.42 Å². The zero-order valence-corrected chi connectivity index (χ0v) is 11.4. The number of hydrogen-bond donors (Lipinski definition) is 1. The molecule has 0 saturated carbocycles. The second-order valence-corrected chi connectivity index (χ2v) is 8.71. The van der Waals surface area contributed by atoms with E-state index >= 15 is 0 Å². The Balaban J connectivity index is 1.82. The van der Waals surface area contributed by atoms with Gasteiger partial charge in [0, 0.05) is 17.3 Å². The molecule has 5 heteroatoms. The third-order valence-electron chi connectivity index (χ3n) is 3.61. The SMILES string of the molecule is CC1SCCCC1NC1CCS(=O)(=O)CC1. The zero-order chi connectivity index (χ0) is 11.6. The molecule has 94 valence electrons. The van der Waals surface area contributed by atoms with Crippen LogP contribution in [0.25, 0.3) is 0 Å². The van der Waals surface area contributed by atoms with Gasteiger partial charge in [0.2, 0.25) is 0 Å². The molecular formula is C11H21NO2S2. The zero-order valence-electron chi connectivity index (χ0n) is 9.81. The van der Waals surface area contributed by atoms with Crippen molar-refractivity contribution in [1.82, 2.24) is 5.32 Å². The van der Waals surface area contributed by atoms with E-state index in [1.165, 1.54) is 18.6 Å². The van der Waals surface area contributed by atoms with Crippen LogP contribution in [-0.2, 0) is 9.84 Å². The summed E-state index contributed by atoms with van der Waals surface area (Å²) < 4.78 is 22.6. The van der Waals surface area contributed by atoms with Gasteiger partial charge in [-0.2, -0.15) is 11.8 Å². The number of rotatable bonds is 2. The van der Waals surface area contributed by atoms with Crippen LogP contribution in [0.1, 0.15) is 32.6 Å². The molecular weight excluding hydrogens is 242 g/mol. The van der Waals surface area contributed by atoms with Gasteiger partial charge in [-0.15, -0.1) is 0 Å². The van der Waals surface area contributed by atoms with E-state index in [2.05, 4.69) is 12.2 Å². The second-order valence-electron chi connectivity index (χ2n) is 4.92. The Labute approximate surface area is 103 Å². The first-order valence-corrected chi connectivity index (χ1v) is 9.02. The fourth-order valence-electron chi connectivity index (χ4n) is 2.50. The van der Waals surface area contributed by atoms with E-state index in [1.54, 1.807) is 0 Å². The van der Waals surface area contributed by atoms with Gasteiger partial charge in [-0.3, -0.25) is 0 Å². The van der Waals surface area contributed by atoms with Gasteiger partial charge in [-0.25, -0.2) is 8.42 Å². The highest BCUT2D eigenvalue weighted by atomic mass is 32.2. The minimum atomic E-state index is -2.72. The average Bonchev–Trinajstić information content (AvgIpc) is 2.24. The fourth-order valence-corrected chi connectivity index (χ4v) is 5.15. The lowest BCUT2D eigenvalue weighted by atomic mass is 10.0. The van der Waals surface area contributed by atoms with Gasteiger partial charge < -0.3 is 5.32 Å². The summed E-state index contributed by atoms with van der Waals surface area (Å²) in [4.78, 5) is 0. The molecule has 0 radical (unpaired) electrons. The number of nitrogens with one attached hydrogen (secondary N) is 1. The molecule has 2 rings (SSSR count). The minimum absolute atomic E-state index is 0.374. The van der Waals surface area contributed by atoms with E-state index in [0.29, 0.717) is 28.8 Å². The Morgan fingerprint density at radius 1 is 1.19 bits per heavy atom. The highest BCUT2D eigenvalue weighted by molar-refractivity contribution is 8.00. The summed E-state index contributed by atoms with van der Waals surface area (Å²) in [6.45, 7) is 2.28. The molecule has 0 aromatic carbocycles. The molecule has 0 aromatic heterocycles. The van der Waals surface area contributed by atoms with Crippen LogP contribution in [0.15, 0.2) is 0 Å². The Kier molecular flexibility index (Phi) is 4.19. The maximum Gasteiger partial charge on any atom is 0.150 e. The van der Waals surface area contributed by atoms with E-state index in [-0.39, 0.29) is 0 Å². The predicted molar refractivity (Wildman–Crippen MR) is 69.8 cm³/mol. The Bertz CT molecular complexity index is 315. The molecule has 0 aromatic rings. The van der Waals surface area contributed by atoms with Crippen LogP contribution >= 0.6 is 11.8 Å². The second kappa shape index (κ2) is 5.27. The molecule has 0 spiro atoms. The summed E-state index contributed by atoms with van der Waals surface area (Å²) in [5, 5.41) is 4.33. The molecule has 0 aliphatic carbocycles. The van der Waals surface area contributed by atoms with Gasteiger partial charge in [0.05, 0.1) is 11.5 Å². The summed E-state index contributed by atoms with van der Waals surface area (Å²) >= 11 is 2.03. The quantitative estimate of drug-likeness (QED) is 0.819. The lowest BCUT2D eigenvalue weighted by Gasteiger charge is -2.34. The normalized spacial score (nSPS) is 36.1. The standard InChI is InChI=1S/C11H21NO2S2/c1-9-11(3-2-6-15-9)12-10-4-7-16(13,14)8-5-10/h9-12H,2-8H2,1H3. The van der Waals surface area contributed by atoms with Crippen LogP contribution in [0.4, 0.5) is 0 Å². The minimum Gasteiger partial charge on any atom is -0.310 e. The summed E-state index contributed by atoms with van der Waals surface area (Å²) in [5.74, 6) is 2.02. The maximum absolute atomic E-state index is 11.3. The van der Waals surface area contributed by atoms with Crippen LogP contribution in [-0.4, -0.2) is 43.0 Å². The lowest BCUT2D eigenvalue weighted by Crippen LogP contribution is -2.47. The van der Waals surface area contributed by atoms with Crippen LogP contribution in [0, 0.1) is 0 Å². The highest BCUT2D eigenvalue weighted by Gasteiger charge is 2.28. The van der Waals surface area contributed by atoms with Crippen LogP contribution in [0.5, 0.6) is 0 Å². The highest BCUT2D eigenvalue weighted by Crippen LogP contribution is 2.26. The summed E-state index contributed by atoms with van der Waals surface area (Å²) in [6, 6.07) is 1.01. The van der Waals surface area contributed by atoms with Gasteiger partial charge in [-0.1, -0.05) is 6.92 Å². The molecule has 2 heterocycles. The molecule has 2 unspecified atom stereocenters. The fraction of sp³-hybridized carbons (Fsp3) is 1.00. The summed E-state index contributed by atoms with van der Waals surface area (Å²) in [5.41, 5.74) is 0. The first-order chi connectivity index (χ1) is 7.57. The van der Waals surface area contributed by atoms with Crippen LogP contribution < -0.4 is 5.32 Å². The van der Waals surface area contributed by atoms with Crippen molar-refractivity contribution in [1.29, 1.82) is 0 Å². The van der Waals surface area contributed by atoms with E-state index < -0.39 is 9.84 Å². The van der Waals surface area contributed by atoms with E-state index in [0.717, 1.165) is 12.8 Å². The van der Waals surface area contributed by atoms with Gasteiger partial charge in [-0.05, 0) is 31.4 Å². The van der Waals surface area contributed by atoms with Crippen molar-refractivity contribution < 1.29 is 8.42 Å². The molecule has 2 fully saturated rings. The van der Waals surface area contributed by atoms with Crippen molar-refractivity contribution >= 4 is 21.6 Å². The smallest absolute Gasteiger partial charge is 0.150 e. The molecule has 2 aliphatic heterocycles. The molecule has 3 nitrogen and oxygen atoms in total. The van der Waals surface area contributed by atoms with Crippen molar-refractivity contribution in [3.63, 3.8) is 0 Å². The van der Waals surface area contributed by atoms with E-state index in [1.807, 2.05) is 11.8 Å². The number of hydrogen-bond acceptors (Lipinski definition) is 4. The van der Waals surface area contributed by atoms with Crippen LogP contribution in [0.2, 0.25) is 0 Å². The van der Waals surface area contributed by atoms with Crippen molar-refractivity contribution in [3.8, 4) is 0 Å². The number of sulfone groups is 1. The third kappa shape index (κ3) is 3.37. The topological polar surface area (TPSA) is 46.2 Å². The van der Waals surface area contributed by atoms with Gasteiger partial charge >= 0.3 is 0 Å². The van der Waals surface area contributed by atoms with Gasteiger partial charge in [0.1, 0.15) is 9.84 Å². The Morgan fingerprint density at radius 3 is 2.50 bits per heavy atom.